The fraction of sp³-hybridized carbons (Fsp3) is 0.267. The van der Waals surface area contributed by atoms with Gasteiger partial charge in [0.2, 0.25) is 12.7 Å². The summed E-state index contributed by atoms with van der Waals surface area (Å²) in [4.78, 5) is 42.0. The number of anilines is 1. The number of ether oxygens (including phenoxy) is 3. The van der Waals surface area contributed by atoms with E-state index in [0.717, 1.165) is 11.1 Å². The van der Waals surface area contributed by atoms with Gasteiger partial charge in [0.05, 0.1) is 18.6 Å². The maximum atomic E-state index is 13.6. The van der Waals surface area contributed by atoms with Gasteiger partial charge in [-0.2, -0.15) is 0 Å². The Morgan fingerprint density at radius 3 is 2.50 bits per heavy atom. The van der Waals surface area contributed by atoms with E-state index in [1.165, 1.54) is 0 Å². The molecule has 9 nitrogen and oxygen atoms in total. The van der Waals surface area contributed by atoms with Gasteiger partial charge in [-0.3, -0.25) is 14.5 Å². The van der Waals surface area contributed by atoms with E-state index in [9.17, 15) is 14.4 Å². The molecular weight excluding hydrogens is 530 g/mol. The molecule has 40 heavy (non-hydrogen) atoms. The highest BCUT2D eigenvalue weighted by molar-refractivity contribution is 7.80. The molecule has 0 radical (unpaired) electrons. The van der Waals surface area contributed by atoms with Crippen molar-refractivity contribution in [3.8, 4) is 11.5 Å². The van der Waals surface area contributed by atoms with E-state index in [1.54, 1.807) is 41.0 Å². The van der Waals surface area contributed by atoms with Crippen molar-refractivity contribution in [2.24, 2.45) is 0 Å². The first kappa shape index (κ1) is 27.1. The molecule has 0 aliphatic carbocycles. The molecule has 5 rings (SSSR count). The molecule has 2 heterocycles. The Labute approximate surface area is 237 Å². The third-order valence-electron chi connectivity index (χ3n) is 6.72. The van der Waals surface area contributed by atoms with Gasteiger partial charge < -0.3 is 24.4 Å². The minimum atomic E-state index is -0.771. The van der Waals surface area contributed by atoms with Gasteiger partial charge >= 0.3 is 5.97 Å². The summed E-state index contributed by atoms with van der Waals surface area (Å²) in [5.74, 6) is 0.314. The van der Waals surface area contributed by atoms with Crippen LogP contribution in [-0.2, 0) is 27.3 Å². The molecule has 0 bridgehead atoms. The van der Waals surface area contributed by atoms with Gasteiger partial charge in [0.15, 0.2) is 16.6 Å². The first-order valence-electron chi connectivity index (χ1n) is 13.0. The fourth-order valence-electron chi connectivity index (χ4n) is 4.69. The predicted octanol–water partition coefficient (Wildman–Crippen LogP) is 4.16. The Morgan fingerprint density at radius 2 is 1.75 bits per heavy atom. The van der Waals surface area contributed by atoms with Crippen molar-refractivity contribution in [3.63, 3.8) is 0 Å². The van der Waals surface area contributed by atoms with Crippen molar-refractivity contribution in [2.75, 3.05) is 25.3 Å². The summed E-state index contributed by atoms with van der Waals surface area (Å²) in [5.41, 5.74) is 2.87. The van der Waals surface area contributed by atoms with Crippen LogP contribution in [0.25, 0.3) is 0 Å². The van der Waals surface area contributed by atoms with Crippen molar-refractivity contribution >= 4 is 40.8 Å². The smallest absolute Gasteiger partial charge is 0.338 e. The number of hydrogen-bond acceptors (Lipinski definition) is 7. The highest BCUT2D eigenvalue weighted by Crippen LogP contribution is 2.34. The largest absolute Gasteiger partial charge is 0.462 e. The average molecular weight is 560 g/mol. The molecule has 1 unspecified atom stereocenters. The summed E-state index contributed by atoms with van der Waals surface area (Å²) in [7, 11) is 0. The number of carbonyl (C=O) groups is 3. The zero-order valence-electron chi connectivity index (χ0n) is 22.0. The summed E-state index contributed by atoms with van der Waals surface area (Å²) in [6.45, 7) is 2.92. The zero-order valence-corrected chi connectivity index (χ0v) is 22.8. The Bertz CT molecular complexity index is 1410. The molecule has 206 valence electrons. The standard InChI is InChI=1S/C30H29N3O6S/c1-2-37-29(36)22-9-11-23(12-10-22)31-27(34)17-24-28(35)32(15-14-20-6-4-3-5-7-20)30(40)33(24)18-21-8-13-25-26(16-21)39-19-38-25/h3-13,16,24H,2,14-15,17-19H2,1H3,(H,31,34). The second-order valence-corrected chi connectivity index (χ2v) is 9.75. The normalized spacial score (nSPS) is 15.9. The number of nitrogens with zero attached hydrogens (tertiary/aromatic N) is 2. The first-order valence-corrected chi connectivity index (χ1v) is 13.4. The van der Waals surface area contributed by atoms with Crippen molar-refractivity contribution in [1.29, 1.82) is 0 Å². The maximum Gasteiger partial charge on any atom is 0.338 e. The van der Waals surface area contributed by atoms with E-state index < -0.39 is 12.0 Å². The van der Waals surface area contributed by atoms with E-state index in [2.05, 4.69) is 5.32 Å². The highest BCUT2D eigenvalue weighted by Gasteiger charge is 2.43. The SMILES string of the molecule is CCOC(=O)c1ccc(NC(=O)CC2C(=O)N(CCc3ccccc3)C(=S)N2Cc2ccc3c(c2)OCO3)cc1. The number of fused-ring (bicyclic) bond motifs is 1. The fourth-order valence-corrected chi connectivity index (χ4v) is 5.06. The topological polar surface area (TPSA) is 97.4 Å². The average Bonchev–Trinajstić information content (AvgIpc) is 3.51. The zero-order chi connectivity index (χ0) is 28.1. The van der Waals surface area contributed by atoms with E-state index >= 15 is 0 Å². The Morgan fingerprint density at radius 1 is 1.00 bits per heavy atom. The van der Waals surface area contributed by atoms with Crippen LogP contribution in [0.3, 0.4) is 0 Å². The second kappa shape index (κ2) is 12.2. The van der Waals surface area contributed by atoms with Crippen molar-refractivity contribution < 1.29 is 28.6 Å². The van der Waals surface area contributed by atoms with Crippen molar-refractivity contribution in [2.45, 2.75) is 32.4 Å². The minimum absolute atomic E-state index is 0.0923. The molecule has 0 aromatic heterocycles. The molecule has 3 aromatic carbocycles. The van der Waals surface area contributed by atoms with Crippen LogP contribution in [0.1, 0.15) is 34.8 Å². The third kappa shape index (κ3) is 6.07. The first-order chi connectivity index (χ1) is 19.4. The lowest BCUT2D eigenvalue weighted by atomic mass is 10.1. The Balaban J connectivity index is 1.31. The summed E-state index contributed by atoms with van der Waals surface area (Å²) in [6, 6.07) is 21.1. The summed E-state index contributed by atoms with van der Waals surface area (Å²) in [5, 5.41) is 3.21. The number of esters is 1. The quantitative estimate of drug-likeness (QED) is 0.292. The highest BCUT2D eigenvalue weighted by atomic mass is 32.1. The van der Waals surface area contributed by atoms with Gasteiger partial charge in [0, 0.05) is 18.8 Å². The predicted molar refractivity (Wildman–Crippen MR) is 152 cm³/mol. The Hall–Kier alpha value is -4.44. The molecule has 1 N–H and O–H groups in total. The molecule has 1 saturated heterocycles. The van der Waals surface area contributed by atoms with Crippen molar-refractivity contribution in [3.05, 3.63) is 89.5 Å². The number of amides is 2. The number of thiocarbonyl (C=S) groups is 1. The molecular formula is C30H29N3O6S. The number of rotatable bonds is 10. The van der Waals surface area contributed by atoms with Gasteiger partial charge in [0.25, 0.3) is 5.91 Å². The third-order valence-corrected chi connectivity index (χ3v) is 7.17. The summed E-state index contributed by atoms with van der Waals surface area (Å²) in [6.07, 6.45) is 0.543. The second-order valence-electron chi connectivity index (χ2n) is 9.39. The molecule has 2 aliphatic heterocycles. The van der Waals surface area contributed by atoms with Gasteiger partial charge in [-0.1, -0.05) is 36.4 Å². The molecule has 2 aliphatic rings. The van der Waals surface area contributed by atoms with Crippen LogP contribution in [0.4, 0.5) is 5.69 Å². The lowest BCUT2D eigenvalue weighted by molar-refractivity contribution is -0.130. The van der Waals surface area contributed by atoms with E-state index in [0.29, 0.717) is 47.4 Å². The summed E-state index contributed by atoms with van der Waals surface area (Å²) >= 11 is 5.77. The van der Waals surface area contributed by atoms with Crippen LogP contribution < -0.4 is 14.8 Å². The number of hydrogen-bond donors (Lipinski definition) is 1. The maximum absolute atomic E-state index is 13.6. The van der Waals surface area contributed by atoms with E-state index in [4.69, 9.17) is 26.4 Å². The lowest BCUT2D eigenvalue weighted by Gasteiger charge is -2.24. The number of nitrogens with one attached hydrogen (secondary N) is 1. The van der Waals surface area contributed by atoms with Crippen LogP contribution in [0.15, 0.2) is 72.8 Å². The summed E-state index contributed by atoms with van der Waals surface area (Å²) < 4.78 is 15.9. The van der Waals surface area contributed by atoms with Crippen LogP contribution in [0.2, 0.25) is 0 Å². The molecule has 3 aromatic rings. The lowest BCUT2D eigenvalue weighted by Crippen LogP contribution is -2.37. The molecule has 1 atom stereocenters. The molecule has 1 fully saturated rings. The van der Waals surface area contributed by atoms with Crippen molar-refractivity contribution in [1.82, 2.24) is 9.80 Å². The number of carbonyl (C=O) groups excluding carboxylic acids is 3. The minimum Gasteiger partial charge on any atom is -0.462 e. The van der Waals surface area contributed by atoms with Gasteiger partial charge in [-0.25, -0.2) is 4.79 Å². The number of benzene rings is 3. The van der Waals surface area contributed by atoms with Crippen LogP contribution >= 0.6 is 12.2 Å². The van der Waals surface area contributed by atoms with E-state index in [1.807, 2.05) is 48.5 Å². The van der Waals surface area contributed by atoms with Crippen LogP contribution in [0.5, 0.6) is 11.5 Å². The van der Waals surface area contributed by atoms with Crippen LogP contribution in [0, 0.1) is 0 Å². The van der Waals surface area contributed by atoms with Gasteiger partial charge in [0.1, 0.15) is 6.04 Å². The Kier molecular flexibility index (Phi) is 8.26. The van der Waals surface area contributed by atoms with Gasteiger partial charge in [-0.15, -0.1) is 0 Å². The monoisotopic (exact) mass is 559 g/mol. The molecule has 0 saturated carbocycles. The molecule has 0 spiro atoms. The molecule has 10 heteroatoms. The van der Waals surface area contributed by atoms with E-state index in [-0.39, 0.29) is 31.6 Å². The molecule has 2 amide bonds. The van der Waals surface area contributed by atoms with Crippen LogP contribution in [-0.4, -0.2) is 58.7 Å². The van der Waals surface area contributed by atoms with Gasteiger partial charge in [-0.05, 0) is 73.1 Å².